The number of anilines is 1. The molecule has 0 fully saturated rings. The fourth-order valence-electron chi connectivity index (χ4n) is 1.29. The van der Waals surface area contributed by atoms with Crippen LogP contribution >= 0.6 is 0 Å². The summed E-state index contributed by atoms with van der Waals surface area (Å²) in [4.78, 5) is 15.0. The number of nitrogen functional groups attached to an aromatic ring is 1. The number of nitrogens with zero attached hydrogens (tertiary/aromatic N) is 1. The first kappa shape index (κ1) is 10.9. The number of hydrogen-bond acceptors (Lipinski definition) is 4. The minimum atomic E-state index is -0.499. The first-order valence-corrected chi connectivity index (χ1v) is 4.94. The number of carbonyl (C=O) groups excluding carboxylic acids is 1. The van der Waals surface area contributed by atoms with Gasteiger partial charge >= 0.3 is 0 Å². The Hall–Kier alpha value is -2.56. The molecule has 0 saturated heterocycles. The standard InChI is InChI=1S/C12H11N3O2/c13-9-4-5-11(15-7-9)17-10-3-1-2-8(6-10)12(14)16/h1-7H,13H2,(H2,14,16). The number of pyridine rings is 1. The summed E-state index contributed by atoms with van der Waals surface area (Å²) in [6.45, 7) is 0. The van der Waals surface area contributed by atoms with Gasteiger partial charge in [0.1, 0.15) is 5.75 Å². The van der Waals surface area contributed by atoms with E-state index in [2.05, 4.69) is 4.98 Å². The minimum Gasteiger partial charge on any atom is -0.439 e. The molecule has 1 aromatic heterocycles. The molecule has 0 atom stereocenters. The number of carbonyl (C=O) groups is 1. The maximum Gasteiger partial charge on any atom is 0.248 e. The van der Waals surface area contributed by atoms with Crippen LogP contribution in [0.1, 0.15) is 10.4 Å². The van der Waals surface area contributed by atoms with E-state index in [0.717, 1.165) is 0 Å². The molecule has 0 spiro atoms. The zero-order valence-electron chi connectivity index (χ0n) is 8.96. The van der Waals surface area contributed by atoms with Crippen LogP contribution in [0, 0.1) is 0 Å². The molecule has 86 valence electrons. The van der Waals surface area contributed by atoms with Gasteiger partial charge < -0.3 is 16.2 Å². The lowest BCUT2D eigenvalue weighted by atomic mass is 10.2. The Morgan fingerprint density at radius 3 is 2.71 bits per heavy atom. The lowest BCUT2D eigenvalue weighted by Gasteiger charge is -2.05. The fourth-order valence-corrected chi connectivity index (χ4v) is 1.29. The van der Waals surface area contributed by atoms with Gasteiger partial charge in [-0.1, -0.05) is 6.07 Å². The topological polar surface area (TPSA) is 91.2 Å². The van der Waals surface area contributed by atoms with E-state index >= 15 is 0 Å². The minimum absolute atomic E-state index is 0.387. The molecule has 1 aromatic carbocycles. The van der Waals surface area contributed by atoms with Crippen LogP contribution in [-0.4, -0.2) is 10.9 Å². The van der Waals surface area contributed by atoms with E-state index in [-0.39, 0.29) is 0 Å². The number of amides is 1. The molecule has 0 aliphatic heterocycles. The molecule has 0 unspecified atom stereocenters. The molecule has 5 nitrogen and oxygen atoms in total. The van der Waals surface area contributed by atoms with E-state index in [1.807, 2.05) is 0 Å². The Kier molecular flexibility index (Phi) is 2.91. The van der Waals surface area contributed by atoms with Crippen LogP contribution in [0.5, 0.6) is 11.6 Å². The summed E-state index contributed by atoms with van der Waals surface area (Å²) in [6, 6.07) is 9.90. The highest BCUT2D eigenvalue weighted by molar-refractivity contribution is 5.93. The SMILES string of the molecule is NC(=O)c1cccc(Oc2ccc(N)cn2)c1. The quantitative estimate of drug-likeness (QED) is 0.835. The second-order valence-electron chi connectivity index (χ2n) is 3.42. The van der Waals surface area contributed by atoms with E-state index in [1.165, 1.54) is 6.20 Å². The zero-order chi connectivity index (χ0) is 12.3. The van der Waals surface area contributed by atoms with Crippen molar-refractivity contribution < 1.29 is 9.53 Å². The molecule has 1 amide bonds. The van der Waals surface area contributed by atoms with Crippen LogP contribution in [0.3, 0.4) is 0 Å². The summed E-state index contributed by atoms with van der Waals surface area (Å²) in [5, 5.41) is 0. The maximum atomic E-state index is 11.0. The van der Waals surface area contributed by atoms with Gasteiger partial charge in [0.15, 0.2) is 0 Å². The molecule has 17 heavy (non-hydrogen) atoms. The Morgan fingerprint density at radius 1 is 1.24 bits per heavy atom. The average molecular weight is 229 g/mol. The van der Waals surface area contributed by atoms with Gasteiger partial charge in [-0.3, -0.25) is 4.79 Å². The second kappa shape index (κ2) is 4.52. The van der Waals surface area contributed by atoms with Crippen LogP contribution < -0.4 is 16.2 Å². The molecule has 5 heteroatoms. The van der Waals surface area contributed by atoms with E-state index in [0.29, 0.717) is 22.9 Å². The van der Waals surface area contributed by atoms with Crippen molar-refractivity contribution in [3.63, 3.8) is 0 Å². The van der Waals surface area contributed by atoms with Crippen molar-refractivity contribution >= 4 is 11.6 Å². The lowest BCUT2D eigenvalue weighted by molar-refractivity contribution is 0.1000. The monoisotopic (exact) mass is 229 g/mol. The van der Waals surface area contributed by atoms with Crippen molar-refractivity contribution in [2.24, 2.45) is 5.73 Å². The molecule has 2 aromatic rings. The van der Waals surface area contributed by atoms with E-state index in [9.17, 15) is 4.79 Å². The highest BCUT2D eigenvalue weighted by Gasteiger charge is 2.03. The smallest absolute Gasteiger partial charge is 0.248 e. The highest BCUT2D eigenvalue weighted by Crippen LogP contribution is 2.20. The Bertz CT molecular complexity index is 538. The Morgan fingerprint density at radius 2 is 2.06 bits per heavy atom. The van der Waals surface area contributed by atoms with Crippen molar-refractivity contribution in [3.05, 3.63) is 48.2 Å². The van der Waals surface area contributed by atoms with Gasteiger partial charge in [-0.25, -0.2) is 4.98 Å². The van der Waals surface area contributed by atoms with Crippen LogP contribution in [-0.2, 0) is 0 Å². The highest BCUT2D eigenvalue weighted by atomic mass is 16.5. The molecular weight excluding hydrogens is 218 g/mol. The normalized spacial score (nSPS) is 9.88. The molecule has 0 bridgehead atoms. The summed E-state index contributed by atoms with van der Waals surface area (Å²) >= 11 is 0. The molecule has 1 heterocycles. The van der Waals surface area contributed by atoms with Gasteiger partial charge in [0.05, 0.1) is 11.9 Å². The third kappa shape index (κ3) is 2.72. The Balaban J connectivity index is 2.21. The van der Waals surface area contributed by atoms with Crippen LogP contribution in [0.25, 0.3) is 0 Å². The van der Waals surface area contributed by atoms with Crippen molar-refractivity contribution in [1.82, 2.24) is 4.98 Å². The van der Waals surface area contributed by atoms with Crippen molar-refractivity contribution in [3.8, 4) is 11.6 Å². The van der Waals surface area contributed by atoms with E-state index in [1.54, 1.807) is 36.4 Å². The number of rotatable bonds is 3. The zero-order valence-corrected chi connectivity index (χ0v) is 8.96. The third-order valence-electron chi connectivity index (χ3n) is 2.10. The fraction of sp³-hybridized carbons (Fsp3) is 0. The number of primary amides is 1. The van der Waals surface area contributed by atoms with E-state index in [4.69, 9.17) is 16.2 Å². The van der Waals surface area contributed by atoms with Crippen molar-refractivity contribution in [2.45, 2.75) is 0 Å². The molecule has 2 rings (SSSR count). The van der Waals surface area contributed by atoms with Crippen molar-refractivity contribution in [1.29, 1.82) is 0 Å². The third-order valence-corrected chi connectivity index (χ3v) is 2.10. The van der Waals surface area contributed by atoms with Gasteiger partial charge in [0.2, 0.25) is 11.8 Å². The lowest BCUT2D eigenvalue weighted by Crippen LogP contribution is -2.10. The second-order valence-corrected chi connectivity index (χ2v) is 3.42. The molecule has 0 saturated carbocycles. The molecule has 4 N–H and O–H groups in total. The van der Waals surface area contributed by atoms with Crippen LogP contribution in [0.4, 0.5) is 5.69 Å². The number of hydrogen-bond donors (Lipinski definition) is 2. The summed E-state index contributed by atoms with van der Waals surface area (Å²) in [7, 11) is 0. The summed E-state index contributed by atoms with van der Waals surface area (Å²) in [5.74, 6) is 0.403. The summed E-state index contributed by atoms with van der Waals surface area (Å²) < 4.78 is 5.45. The van der Waals surface area contributed by atoms with Crippen LogP contribution in [0.15, 0.2) is 42.6 Å². The predicted molar refractivity (Wildman–Crippen MR) is 63.7 cm³/mol. The van der Waals surface area contributed by atoms with Crippen LogP contribution in [0.2, 0.25) is 0 Å². The van der Waals surface area contributed by atoms with Gasteiger partial charge in [0, 0.05) is 11.6 Å². The van der Waals surface area contributed by atoms with Gasteiger partial charge in [-0.2, -0.15) is 0 Å². The van der Waals surface area contributed by atoms with Gasteiger partial charge in [-0.05, 0) is 24.3 Å². The maximum absolute atomic E-state index is 11.0. The number of aromatic nitrogens is 1. The first-order chi connectivity index (χ1) is 8.15. The summed E-state index contributed by atoms with van der Waals surface area (Å²) in [6.07, 6.45) is 1.49. The van der Waals surface area contributed by atoms with Gasteiger partial charge in [0.25, 0.3) is 0 Å². The average Bonchev–Trinajstić information content (AvgIpc) is 2.32. The number of nitrogens with two attached hydrogens (primary N) is 2. The number of ether oxygens (including phenoxy) is 1. The van der Waals surface area contributed by atoms with E-state index < -0.39 is 5.91 Å². The van der Waals surface area contributed by atoms with Gasteiger partial charge in [-0.15, -0.1) is 0 Å². The summed E-state index contributed by atoms with van der Waals surface area (Å²) in [5.41, 5.74) is 11.6. The number of benzene rings is 1. The first-order valence-electron chi connectivity index (χ1n) is 4.94. The molecule has 0 aliphatic rings. The Labute approximate surface area is 98.0 Å². The van der Waals surface area contributed by atoms with Crippen molar-refractivity contribution in [2.75, 3.05) is 5.73 Å². The molecular formula is C12H11N3O2. The molecule has 0 aliphatic carbocycles. The molecule has 0 radical (unpaired) electrons. The predicted octanol–water partition coefficient (Wildman–Crippen LogP) is 1.55. The largest absolute Gasteiger partial charge is 0.439 e.